The van der Waals surface area contributed by atoms with E-state index in [0.29, 0.717) is 19.1 Å². The van der Waals surface area contributed by atoms with Gasteiger partial charge in [-0.25, -0.2) is 0 Å². The molecule has 0 saturated heterocycles. The van der Waals surface area contributed by atoms with Crippen LogP contribution in [0.15, 0.2) is 24.3 Å². The number of para-hydroxylation sites is 1. The number of rotatable bonds is 7. The van der Waals surface area contributed by atoms with Gasteiger partial charge >= 0.3 is 0 Å². The number of nitrogens with one attached hydrogen (secondary N) is 1. The van der Waals surface area contributed by atoms with Gasteiger partial charge < -0.3 is 15.2 Å². The van der Waals surface area contributed by atoms with Gasteiger partial charge in [0.05, 0.1) is 0 Å². The second-order valence-corrected chi connectivity index (χ2v) is 7.68. The van der Waals surface area contributed by atoms with Crippen molar-refractivity contribution in [2.75, 3.05) is 19.7 Å². The maximum Gasteiger partial charge on any atom is 0.122 e. The summed E-state index contributed by atoms with van der Waals surface area (Å²) >= 11 is 0. The van der Waals surface area contributed by atoms with Crippen molar-refractivity contribution < 1.29 is 9.84 Å². The summed E-state index contributed by atoms with van der Waals surface area (Å²) in [4.78, 5) is 0. The van der Waals surface area contributed by atoms with Gasteiger partial charge in [-0.3, -0.25) is 0 Å². The van der Waals surface area contributed by atoms with Crippen molar-refractivity contribution in [2.24, 2.45) is 5.41 Å². The summed E-state index contributed by atoms with van der Waals surface area (Å²) in [6.07, 6.45) is 4.68. The lowest BCUT2D eigenvalue weighted by Gasteiger charge is -2.21. The van der Waals surface area contributed by atoms with E-state index in [1.807, 2.05) is 12.1 Å². The standard InChI is InChI=1S/C19H31NO2/c1-19(2,3)14-20-12-16(21)13-22-18-11-7-6-10-17(18)15-8-4-5-9-15/h6-7,10-11,15-16,20-21H,4-5,8-9,12-14H2,1-3H3. The molecule has 1 aliphatic carbocycles. The van der Waals surface area contributed by atoms with Gasteiger partial charge in [-0.1, -0.05) is 51.8 Å². The first-order chi connectivity index (χ1) is 10.5. The Kier molecular flexibility index (Phi) is 6.27. The van der Waals surface area contributed by atoms with Crippen LogP contribution in [-0.2, 0) is 0 Å². The normalized spacial score (nSPS) is 17.6. The fourth-order valence-electron chi connectivity index (χ4n) is 3.04. The third-order valence-electron chi connectivity index (χ3n) is 4.18. The summed E-state index contributed by atoms with van der Waals surface area (Å²) in [5.74, 6) is 1.58. The highest BCUT2D eigenvalue weighted by Gasteiger charge is 2.20. The van der Waals surface area contributed by atoms with E-state index in [1.54, 1.807) is 0 Å². The molecule has 22 heavy (non-hydrogen) atoms. The fourth-order valence-corrected chi connectivity index (χ4v) is 3.04. The van der Waals surface area contributed by atoms with E-state index in [-0.39, 0.29) is 5.41 Å². The van der Waals surface area contributed by atoms with Gasteiger partial charge in [-0.05, 0) is 35.8 Å². The number of hydrogen-bond acceptors (Lipinski definition) is 3. The van der Waals surface area contributed by atoms with Gasteiger partial charge in [0.15, 0.2) is 0 Å². The van der Waals surface area contributed by atoms with E-state index in [2.05, 4.69) is 38.2 Å². The summed E-state index contributed by atoms with van der Waals surface area (Å²) in [5, 5.41) is 13.4. The second-order valence-electron chi connectivity index (χ2n) is 7.68. The molecule has 0 radical (unpaired) electrons. The van der Waals surface area contributed by atoms with Crippen LogP contribution < -0.4 is 10.1 Å². The minimum absolute atomic E-state index is 0.232. The van der Waals surface area contributed by atoms with Crippen molar-refractivity contribution in [1.82, 2.24) is 5.32 Å². The Balaban J connectivity index is 1.81. The molecule has 1 unspecified atom stereocenters. The predicted octanol–water partition coefficient (Wildman–Crippen LogP) is 3.72. The smallest absolute Gasteiger partial charge is 0.122 e. The lowest BCUT2D eigenvalue weighted by atomic mass is 9.97. The van der Waals surface area contributed by atoms with Crippen LogP contribution in [0.4, 0.5) is 0 Å². The molecule has 1 aromatic rings. The fraction of sp³-hybridized carbons (Fsp3) is 0.684. The van der Waals surface area contributed by atoms with Crippen molar-refractivity contribution in [3.05, 3.63) is 29.8 Å². The molecule has 1 aliphatic rings. The van der Waals surface area contributed by atoms with Crippen LogP contribution in [0.3, 0.4) is 0 Å². The Bertz CT molecular complexity index is 447. The molecule has 1 atom stereocenters. The largest absolute Gasteiger partial charge is 0.491 e. The van der Waals surface area contributed by atoms with Crippen molar-refractivity contribution in [1.29, 1.82) is 0 Å². The maximum absolute atomic E-state index is 10.1. The average molecular weight is 305 g/mol. The quantitative estimate of drug-likeness (QED) is 0.806. The van der Waals surface area contributed by atoms with Gasteiger partial charge in [0.2, 0.25) is 0 Å². The average Bonchev–Trinajstić information content (AvgIpc) is 2.98. The van der Waals surface area contributed by atoms with Crippen molar-refractivity contribution in [3.8, 4) is 5.75 Å². The van der Waals surface area contributed by atoms with Gasteiger partial charge in [-0.15, -0.1) is 0 Å². The Hall–Kier alpha value is -1.06. The molecule has 2 rings (SSSR count). The molecule has 2 N–H and O–H groups in total. The summed E-state index contributed by atoms with van der Waals surface area (Å²) in [6, 6.07) is 8.30. The summed E-state index contributed by atoms with van der Waals surface area (Å²) in [7, 11) is 0. The van der Waals surface area contributed by atoms with Crippen LogP contribution in [0.5, 0.6) is 5.75 Å². The highest BCUT2D eigenvalue weighted by atomic mass is 16.5. The molecule has 1 fully saturated rings. The zero-order valence-electron chi connectivity index (χ0n) is 14.3. The van der Waals surface area contributed by atoms with E-state index < -0.39 is 6.10 Å². The van der Waals surface area contributed by atoms with Crippen molar-refractivity contribution in [3.63, 3.8) is 0 Å². The summed E-state index contributed by atoms with van der Waals surface area (Å²) in [6.45, 7) is 8.36. The highest BCUT2D eigenvalue weighted by molar-refractivity contribution is 5.36. The summed E-state index contributed by atoms with van der Waals surface area (Å²) in [5.41, 5.74) is 1.55. The molecule has 0 amide bonds. The minimum atomic E-state index is -0.473. The van der Waals surface area contributed by atoms with Gasteiger partial charge in [-0.2, -0.15) is 0 Å². The second kappa shape index (κ2) is 7.98. The van der Waals surface area contributed by atoms with E-state index >= 15 is 0 Å². The molecule has 0 heterocycles. The predicted molar refractivity (Wildman–Crippen MR) is 91.5 cm³/mol. The van der Waals surface area contributed by atoms with Crippen LogP contribution in [0, 0.1) is 5.41 Å². The first-order valence-corrected chi connectivity index (χ1v) is 8.56. The van der Waals surface area contributed by atoms with E-state index in [9.17, 15) is 5.11 Å². The number of aliphatic hydroxyl groups excluding tert-OH is 1. The number of ether oxygens (including phenoxy) is 1. The first-order valence-electron chi connectivity index (χ1n) is 8.56. The Morgan fingerprint density at radius 1 is 1.23 bits per heavy atom. The molecule has 124 valence electrons. The number of hydrogen-bond donors (Lipinski definition) is 2. The first kappa shape index (κ1) is 17.3. The summed E-state index contributed by atoms with van der Waals surface area (Å²) < 4.78 is 5.90. The van der Waals surface area contributed by atoms with Gasteiger partial charge in [0.25, 0.3) is 0 Å². The minimum Gasteiger partial charge on any atom is -0.491 e. The van der Waals surface area contributed by atoms with Crippen LogP contribution in [0.2, 0.25) is 0 Å². The monoisotopic (exact) mass is 305 g/mol. The van der Waals surface area contributed by atoms with E-state index in [4.69, 9.17) is 4.74 Å². The topological polar surface area (TPSA) is 41.5 Å². The highest BCUT2D eigenvalue weighted by Crippen LogP contribution is 2.38. The van der Waals surface area contributed by atoms with Gasteiger partial charge in [0, 0.05) is 13.1 Å². The zero-order valence-corrected chi connectivity index (χ0v) is 14.3. The van der Waals surface area contributed by atoms with Crippen molar-refractivity contribution >= 4 is 0 Å². The van der Waals surface area contributed by atoms with E-state index in [1.165, 1.54) is 31.2 Å². The van der Waals surface area contributed by atoms with Crippen LogP contribution in [0.1, 0.15) is 57.9 Å². The third-order valence-corrected chi connectivity index (χ3v) is 4.18. The third kappa shape index (κ3) is 5.62. The molecular weight excluding hydrogens is 274 g/mol. The molecule has 3 nitrogen and oxygen atoms in total. The number of aliphatic hydroxyl groups is 1. The Labute approximate surface area is 135 Å². The molecular formula is C19H31NO2. The van der Waals surface area contributed by atoms with Crippen LogP contribution in [0.25, 0.3) is 0 Å². The molecule has 3 heteroatoms. The zero-order chi connectivity index (χ0) is 16.0. The molecule has 0 aliphatic heterocycles. The lowest BCUT2D eigenvalue weighted by Crippen LogP contribution is -2.36. The Morgan fingerprint density at radius 2 is 1.91 bits per heavy atom. The molecule has 0 aromatic heterocycles. The van der Waals surface area contributed by atoms with E-state index in [0.717, 1.165) is 12.3 Å². The molecule has 1 aromatic carbocycles. The lowest BCUT2D eigenvalue weighted by molar-refractivity contribution is 0.103. The molecule has 0 spiro atoms. The maximum atomic E-state index is 10.1. The molecule has 1 saturated carbocycles. The molecule has 0 bridgehead atoms. The van der Waals surface area contributed by atoms with Crippen LogP contribution in [-0.4, -0.2) is 30.9 Å². The SMILES string of the molecule is CC(C)(C)CNCC(O)COc1ccccc1C1CCCC1. The van der Waals surface area contributed by atoms with Crippen molar-refractivity contribution in [2.45, 2.75) is 58.5 Å². The Morgan fingerprint density at radius 3 is 2.59 bits per heavy atom. The van der Waals surface area contributed by atoms with Crippen LogP contribution >= 0.6 is 0 Å². The van der Waals surface area contributed by atoms with Gasteiger partial charge in [0.1, 0.15) is 18.5 Å². The number of benzene rings is 1.